The second kappa shape index (κ2) is 7.34. The Balaban J connectivity index is 1.46. The van der Waals surface area contributed by atoms with Gasteiger partial charge in [0.05, 0.1) is 0 Å². The predicted molar refractivity (Wildman–Crippen MR) is 94.5 cm³/mol. The monoisotopic (exact) mass is 326 g/mol. The van der Waals surface area contributed by atoms with E-state index >= 15 is 0 Å². The third kappa shape index (κ3) is 4.14. The maximum atomic E-state index is 11.9. The zero-order valence-corrected chi connectivity index (χ0v) is 13.6. The van der Waals surface area contributed by atoms with Crippen molar-refractivity contribution in [2.45, 2.75) is 25.8 Å². The van der Waals surface area contributed by atoms with E-state index in [2.05, 4.69) is 22.4 Å². The first-order chi connectivity index (χ1) is 11.2. The van der Waals surface area contributed by atoms with Crippen molar-refractivity contribution in [3.8, 4) is 0 Å². The van der Waals surface area contributed by atoms with Gasteiger partial charge in [-0.15, -0.1) is 0 Å². The number of carbonyl (C=O) groups excluding carboxylic acids is 1. The molecular formula is C19H19ClN2O. The van der Waals surface area contributed by atoms with E-state index in [0.29, 0.717) is 18.0 Å². The molecule has 0 aliphatic carbocycles. The standard InChI is InChI=1S/C19H19ClN2O/c20-16-7-3-5-14(11-16)12-22-19(23)10-4-6-15-13-21-18-9-2-1-8-17(15)18/h1-3,5,7-9,11,13,21H,4,6,10,12H2,(H,22,23). The fraction of sp³-hybridized carbons (Fsp3) is 0.211. The largest absolute Gasteiger partial charge is 0.361 e. The number of amides is 1. The van der Waals surface area contributed by atoms with Crippen LogP contribution >= 0.6 is 11.6 Å². The van der Waals surface area contributed by atoms with Crippen molar-refractivity contribution in [3.63, 3.8) is 0 Å². The van der Waals surface area contributed by atoms with Crippen LogP contribution in [0.15, 0.2) is 54.7 Å². The first-order valence-corrected chi connectivity index (χ1v) is 8.16. The minimum absolute atomic E-state index is 0.0739. The highest BCUT2D eigenvalue weighted by molar-refractivity contribution is 6.30. The quantitative estimate of drug-likeness (QED) is 0.690. The minimum atomic E-state index is 0.0739. The number of nitrogens with one attached hydrogen (secondary N) is 2. The van der Waals surface area contributed by atoms with Gasteiger partial charge in [-0.1, -0.05) is 41.9 Å². The Morgan fingerprint density at radius 3 is 2.87 bits per heavy atom. The van der Waals surface area contributed by atoms with Gasteiger partial charge in [0.25, 0.3) is 0 Å². The summed E-state index contributed by atoms with van der Waals surface area (Å²) in [4.78, 5) is 15.2. The van der Waals surface area contributed by atoms with Crippen molar-refractivity contribution in [2.24, 2.45) is 0 Å². The molecule has 0 saturated carbocycles. The summed E-state index contributed by atoms with van der Waals surface area (Å²) in [7, 11) is 0. The molecule has 1 heterocycles. The number of aromatic nitrogens is 1. The molecule has 0 bridgehead atoms. The molecule has 4 heteroatoms. The Hall–Kier alpha value is -2.26. The number of rotatable bonds is 6. The second-order valence-corrected chi connectivity index (χ2v) is 6.06. The molecule has 0 fully saturated rings. The third-order valence-corrected chi connectivity index (χ3v) is 4.14. The maximum Gasteiger partial charge on any atom is 0.220 e. The number of carbonyl (C=O) groups is 1. The molecule has 3 aromatic rings. The SMILES string of the molecule is O=C(CCCc1c[nH]c2ccccc12)NCc1cccc(Cl)c1. The van der Waals surface area contributed by atoms with E-state index in [1.807, 2.05) is 42.6 Å². The van der Waals surface area contributed by atoms with E-state index in [1.165, 1.54) is 10.9 Å². The van der Waals surface area contributed by atoms with Crippen LogP contribution in [0.2, 0.25) is 5.02 Å². The number of fused-ring (bicyclic) bond motifs is 1. The number of hydrogen-bond donors (Lipinski definition) is 2. The van der Waals surface area contributed by atoms with Crippen LogP contribution < -0.4 is 5.32 Å². The minimum Gasteiger partial charge on any atom is -0.361 e. The zero-order valence-electron chi connectivity index (χ0n) is 12.8. The summed E-state index contributed by atoms with van der Waals surface area (Å²) < 4.78 is 0. The lowest BCUT2D eigenvalue weighted by Crippen LogP contribution is -2.22. The first-order valence-electron chi connectivity index (χ1n) is 7.78. The van der Waals surface area contributed by atoms with Gasteiger partial charge in [0.1, 0.15) is 0 Å². The highest BCUT2D eigenvalue weighted by Gasteiger charge is 2.05. The number of halogens is 1. The van der Waals surface area contributed by atoms with Gasteiger partial charge in [0.15, 0.2) is 0 Å². The van der Waals surface area contributed by atoms with Crippen LogP contribution in [-0.2, 0) is 17.8 Å². The average molecular weight is 327 g/mol. The molecule has 1 amide bonds. The second-order valence-electron chi connectivity index (χ2n) is 5.62. The maximum absolute atomic E-state index is 11.9. The molecule has 2 aromatic carbocycles. The topological polar surface area (TPSA) is 44.9 Å². The van der Waals surface area contributed by atoms with E-state index in [-0.39, 0.29) is 5.91 Å². The van der Waals surface area contributed by atoms with Crippen LogP contribution in [0.1, 0.15) is 24.0 Å². The fourth-order valence-corrected chi connectivity index (χ4v) is 2.93. The van der Waals surface area contributed by atoms with Gasteiger partial charge in [0, 0.05) is 35.1 Å². The van der Waals surface area contributed by atoms with Gasteiger partial charge in [-0.3, -0.25) is 4.79 Å². The fourth-order valence-electron chi connectivity index (χ4n) is 2.71. The lowest BCUT2D eigenvalue weighted by Gasteiger charge is -2.06. The van der Waals surface area contributed by atoms with Crippen LogP contribution in [0, 0.1) is 0 Å². The van der Waals surface area contributed by atoms with E-state index in [1.54, 1.807) is 0 Å². The van der Waals surface area contributed by atoms with E-state index < -0.39 is 0 Å². The average Bonchev–Trinajstić information content (AvgIpc) is 2.97. The number of hydrogen-bond acceptors (Lipinski definition) is 1. The Morgan fingerprint density at radius 1 is 1.13 bits per heavy atom. The van der Waals surface area contributed by atoms with Crippen molar-refractivity contribution in [3.05, 3.63) is 70.9 Å². The Kier molecular flexibility index (Phi) is 4.99. The van der Waals surface area contributed by atoms with Crippen LogP contribution in [0.25, 0.3) is 10.9 Å². The zero-order chi connectivity index (χ0) is 16.1. The highest BCUT2D eigenvalue weighted by atomic mass is 35.5. The Morgan fingerprint density at radius 2 is 2.00 bits per heavy atom. The van der Waals surface area contributed by atoms with Gasteiger partial charge < -0.3 is 10.3 Å². The Labute approximate surface area is 140 Å². The van der Waals surface area contributed by atoms with Gasteiger partial charge in [-0.05, 0) is 42.2 Å². The summed E-state index contributed by atoms with van der Waals surface area (Å²) in [5.74, 6) is 0.0739. The molecule has 1 aromatic heterocycles. The number of H-pyrrole nitrogens is 1. The number of benzene rings is 2. The summed E-state index contributed by atoms with van der Waals surface area (Å²) in [5.41, 5.74) is 3.43. The van der Waals surface area contributed by atoms with Gasteiger partial charge in [0.2, 0.25) is 5.91 Å². The molecule has 0 aliphatic rings. The summed E-state index contributed by atoms with van der Waals surface area (Å²) in [6, 6.07) is 15.8. The van der Waals surface area contributed by atoms with Crippen molar-refractivity contribution in [1.29, 1.82) is 0 Å². The molecule has 118 valence electrons. The molecule has 0 spiro atoms. The predicted octanol–water partition coefficient (Wildman–Crippen LogP) is 4.46. The molecular weight excluding hydrogens is 308 g/mol. The van der Waals surface area contributed by atoms with Gasteiger partial charge in [-0.2, -0.15) is 0 Å². The Bertz CT molecular complexity index is 810. The molecule has 2 N–H and O–H groups in total. The van der Waals surface area contributed by atoms with Crippen LogP contribution in [0.5, 0.6) is 0 Å². The molecule has 0 aliphatic heterocycles. The van der Waals surface area contributed by atoms with E-state index in [9.17, 15) is 4.79 Å². The molecule has 0 unspecified atom stereocenters. The van der Waals surface area contributed by atoms with Crippen LogP contribution in [0.4, 0.5) is 0 Å². The van der Waals surface area contributed by atoms with Crippen molar-refractivity contribution in [2.75, 3.05) is 0 Å². The van der Waals surface area contributed by atoms with Crippen molar-refractivity contribution in [1.82, 2.24) is 10.3 Å². The first kappa shape index (κ1) is 15.6. The van der Waals surface area contributed by atoms with Crippen LogP contribution in [-0.4, -0.2) is 10.9 Å². The molecule has 0 radical (unpaired) electrons. The highest BCUT2D eigenvalue weighted by Crippen LogP contribution is 2.19. The smallest absolute Gasteiger partial charge is 0.220 e. The lowest BCUT2D eigenvalue weighted by molar-refractivity contribution is -0.121. The normalized spacial score (nSPS) is 10.8. The molecule has 3 nitrogen and oxygen atoms in total. The molecule has 0 saturated heterocycles. The summed E-state index contributed by atoms with van der Waals surface area (Å²) >= 11 is 5.93. The van der Waals surface area contributed by atoms with E-state index in [0.717, 1.165) is 23.9 Å². The van der Waals surface area contributed by atoms with Crippen LogP contribution in [0.3, 0.4) is 0 Å². The summed E-state index contributed by atoms with van der Waals surface area (Å²) in [6.07, 6.45) is 4.30. The van der Waals surface area contributed by atoms with Crippen molar-refractivity contribution >= 4 is 28.4 Å². The summed E-state index contributed by atoms with van der Waals surface area (Å²) in [6.45, 7) is 0.520. The molecule has 0 atom stereocenters. The van der Waals surface area contributed by atoms with Gasteiger partial charge >= 0.3 is 0 Å². The number of para-hydroxylation sites is 1. The third-order valence-electron chi connectivity index (χ3n) is 3.90. The lowest BCUT2D eigenvalue weighted by atomic mass is 10.1. The summed E-state index contributed by atoms with van der Waals surface area (Å²) in [5, 5.41) is 4.87. The molecule has 23 heavy (non-hydrogen) atoms. The number of aryl methyl sites for hydroxylation is 1. The van der Waals surface area contributed by atoms with Gasteiger partial charge in [-0.25, -0.2) is 0 Å². The van der Waals surface area contributed by atoms with E-state index in [4.69, 9.17) is 11.6 Å². The number of aromatic amines is 1. The van der Waals surface area contributed by atoms with Crippen molar-refractivity contribution < 1.29 is 4.79 Å². The molecule has 3 rings (SSSR count).